The van der Waals surface area contributed by atoms with Crippen molar-refractivity contribution in [1.29, 1.82) is 0 Å². The lowest BCUT2D eigenvalue weighted by Crippen LogP contribution is -2.38. The van der Waals surface area contributed by atoms with Crippen LogP contribution in [0.1, 0.15) is 76.6 Å². The van der Waals surface area contributed by atoms with Crippen LogP contribution in [0.3, 0.4) is 0 Å². The van der Waals surface area contributed by atoms with E-state index in [1.165, 1.54) is 56.5 Å². The second kappa shape index (κ2) is 10.3. The molecule has 0 radical (unpaired) electrons. The van der Waals surface area contributed by atoms with Crippen LogP contribution in [-0.2, 0) is 19.5 Å². The van der Waals surface area contributed by atoms with Gasteiger partial charge in [-0.1, -0.05) is 70.4 Å². The summed E-state index contributed by atoms with van der Waals surface area (Å²) in [6.45, 7) is 9.20. The third-order valence-corrected chi connectivity index (χ3v) is 4.74. The molecule has 0 aliphatic rings. The van der Waals surface area contributed by atoms with Gasteiger partial charge in [0.1, 0.15) is 12.4 Å². The van der Waals surface area contributed by atoms with E-state index in [0.717, 1.165) is 13.0 Å². The summed E-state index contributed by atoms with van der Waals surface area (Å²) >= 11 is 0. The molecule has 0 N–H and O–H groups in total. The molecule has 0 spiro atoms. The molecular weight excluding hydrogens is 292 g/mol. The van der Waals surface area contributed by atoms with Crippen molar-refractivity contribution in [2.45, 2.75) is 84.7 Å². The number of aromatic nitrogens is 2. The Morgan fingerprint density at radius 2 is 1.71 bits per heavy atom. The Bertz CT molecular complexity index is 569. The second-order valence-corrected chi connectivity index (χ2v) is 7.20. The fraction of sp³-hybridized carbons (Fsp3) is 0.591. The van der Waals surface area contributed by atoms with Crippen molar-refractivity contribution in [2.24, 2.45) is 0 Å². The zero-order chi connectivity index (χ0) is 17.2. The first kappa shape index (κ1) is 18.8. The van der Waals surface area contributed by atoms with Crippen LogP contribution in [0.4, 0.5) is 0 Å². The fourth-order valence-corrected chi connectivity index (χ4v) is 3.50. The number of nitrogens with zero attached hydrogens (tertiary/aromatic N) is 2. The number of rotatable bonds is 11. The highest BCUT2D eigenvalue weighted by Crippen LogP contribution is 2.13. The van der Waals surface area contributed by atoms with Crippen LogP contribution < -0.4 is 4.57 Å². The minimum absolute atomic E-state index is 0.576. The molecule has 0 saturated heterocycles. The van der Waals surface area contributed by atoms with E-state index in [9.17, 15) is 0 Å². The van der Waals surface area contributed by atoms with Gasteiger partial charge in [0, 0.05) is 0 Å². The van der Waals surface area contributed by atoms with Gasteiger partial charge in [0.15, 0.2) is 0 Å². The molecule has 0 unspecified atom stereocenters. The predicted molar refractivity (Wildman–Crippen MR) is 102 cm³/mol. The molecule has 0 aliphatic carbocycles. The quantitative estimate of drug-likeness (QED) is 0.380. The average Bonchev–Trinajstić information content (AvgIpc) is 2.99. The normalized spacial score (nSPS) is 11.3. The number of imidazole rings is 1. The van der Waals surface area contributed by atoms with Crippen molar-refractivity contribution >= 4 is 0 Å². The first-order valence-corrected chi connectivity index (χ1v) is 9.84. The molecule has 1 heterocycles. The van der Waals surface area contributed by atoms with E-state index in [4.69, 9.17) is 0 Å². The Balaban J connectivity index is 1.87. The summed E-state index contributed by atoms with van der Waals surface area (Å²) in [4.78, 5) is 0. The molecule has 0 saturated carbocycles. The highest BCUT2D eigenvalue weighted by molar-refractivity contribution is 5.14. The van der Waals surface area contributed by atoms with Crippen molar-refractivity contribution in [3.63, 3.8) is 0 Å². The maximum atomic E-state index is 2.49. The molecular formula is C22H35N2+. The molecule has 0 amide bonds. The predicted octanol–water partition coefficient (Wildman–Crippen LogP) is 5.50. The van der Waals surface area contributed by atoms with Crippen LogP contribution in [0.25, 0.3) is 0 Å². The van der Waals surface area contributed by atoms with Gasteiger partial charge < -0.3 is 0 Å². The van der Waals surface area contributed by atoms with Crippen LogP contribution in [-0.4, -0.2) is 4.57 Å². The molecule has 2 heteroatoms. The zero-order valence-electron chi connectivity index (χ0n) is 15.9. The van der Waals surface area contributed by atoms with E-state index in [1.54, 1.807) is 0 Å². The van der Waals surface area contributed by atoms with E-state index in [-0.39, 0.29) is 0 Å². The second-order valence-electron chi connectivity index (χ2n) is 7.20. The maximum absolute atomic E-state index is 2.49. The summed E-state index contributed by atoms with van der Waals surface area (Å²) in [5.74, 6) is 2.06. The van der Waals surface area contributed by atoms with Crippen LogP contribution in [0, 0.1) is 0 Å². The minimum Gasteiger partial charge on any atom is -0.234 e. The SMILES string of the molecule is CCCCCCCn1cc[n+](CCCc2ccccc2)c1C(C)C. The summed E-state index contributed by atoms with van der Waals surface area (Å²) in [6, 6.07) is 10.8. The van der Waals surface area contributed by atoms with Crippen molar-refractivity contribution in [2.75, 3.05) is 0 Å². The van der Waals surface area contributed by atoms with Gasteiger partial charge in [-0.2, -0.15) is 0 Å². The van der Waals surface area contributed by atoms with Crippen molar-refractivity contribution in [1.82, 2.24) is 4.57 Å². The lowest BCUT2D eigenvalue weighted by Gasteiger charge is -2.08. The van der Waals surface area contributed by atoms with Gasteiger partial charge in [-0.25, -0.2) is 9.13 Å². The van der Waals surface area contributed by atoms with E-state index >= 15 is 0 Å². The average molecular weight is 328 g/mol. The van der Waals surface area contributed by atoms with E-state index in [0.29, 0.717) is 5.92 Å². The first-order valence-electron chi connectivity index (χ1n) is 9.84. The van der Waals surface area contributed by atoms with Crippen LogP contribution >= 0.6 is 0 Å². The van der Waals surface area contributed by atoms with Crippen molar-refractivity contribution in [3.8, 4) is 0 Å². The Morgan fingerprint density at radius 3 is 2.42 bits per heavy atom. The summed E-state index contributed by atoms with van der Waals surface area (Å²) in [6.07, 6.45) is 13.7. The van der Waals surface area contributed by atoms with Gasteiger partial charge in [0.25, 0.3) is 5.82 Å². The van der Waals surface area contributed by atoms with Gasteiger partial charge in [0.2, 0.25) is 0 Å². The van der Waals surface area contributed by atoms with E-state index in [1.807, 2.05) is 0 Å². The summed E-state index contributed by atoms with van der Waals surface area (Å²) in [5, 5.41) is 0. The lowest BCUT2D eigenvalue weighted by atomic mass is 10.1. The van der Waals surface area contributed by atoms with Crippen molar-refractivity contribution < 1.29 is 4.57 Å². The molecule has 0 atom stereocenters. The van der Waals surface area contributed by atoms with Gasteiger partial charge in [-0.3, -0.25) is 0 Å². The van der Waals surface area contributed by atoms with Gasteiger partial charge in [0.05, 0.1) is 19.0 Å². The molecule has 2 rings (SSSR count). The topological polar surface area (TPSA) is 8.81 Å². The molecule has 132 valence electrons. The number of benzene rings is 1. The molecule has 2 aromatic rings. The maximum Gasteiger partial charge on any atom is 0.258 e. The van der Waals surface area contributed by atoms with E-state index < -0.39 is 0 Å². The zero-order valence-corrected chi connectivity index (χ0v) is 15.9. The standard InChI is InChI=1S/C22H35N2/c1-4-5-6-7-11-16-23-18-19-24(22(23)20(2)3)17-12-15-21-13-9-8-10-14-21/h8-10,13-14,18-20H,4-7,11-12,15-17H2,1-3H3/q+1. The van der Waals surface area contributed by atoms with Gasteiger partial charge in [-0.05, 0) is 31.2 Å². The minimum atomic E-state index is 0.576. The van der Waals surface area contributed by atoms with E-state index in [2.05, 4.69) is 72.6 Å². The monoisotopic (exact) mass is 327 g/mol. The molecule has 0 fully saturated rings. The number of aryl methyl sites for hydroxylation is 3. The molecule has 1 aromatic heterocycles. The smallest absolute Gasteiger partial charge is 0.234 e. The third-order valence-electron chi connectivity index (χ3n) is 4.74. The molecule has 0 aliphatic heterocycles. The lowest BCUT2D eigenvalue weighted by molar-refractivity contribution is -0.705. The largest absolute Gasteiger partial charge is 0.258 e. The highest BCUT2D eigenvalue weighted by Gasteiger charge is 2.19. The third kappa shape index (κ3) is 5.81. The molecule has 1 aromatic carbocycles. The Labute approximate surface area is 148 Å². The van der Waals surface area contributed by atoms with Crippen molar-refractivity contribution in [3.05, 3.63) is 54.1 Å². The highest BCUT2D eigenvalue weighted by atomic mass is 15.1. The first-order chi connectivity index (χ1) is 11.7. The summed E-state index contributed by atoms with van der Waals surface area (Å²) in [7, 11) is 0. The van der Waals surface area contributed by atoms with Crippen LogP contribution in [0.15, 0.2) is 42.7 Å². The summed E-state index contributed by atoms with van der Waals surface area (Å²) < 4.78 is 4.96. The Morgan fingerprint density at radius 1 is 0.958 bits per heavy atom. The number of unbranched alkanes of at least 4 members (excludes halogenated alkanes) is 4. The van der Waals surface area contributed by atoms with Gasteiger partial charge >= 0.3 is 0 Å². The van der Waals surface area contributed by atoms with Crippen LogP contribution in [0.5, 0.6) is 0 Å². The number of hydrogen-bond donors (Lipinski definition) is 0. The summed E-state index contributed by atoms with van der Waals surface area (Å²) in [5.41, 5.74) is 1.44. The fourth-order valence-electron chi connectivity index (χ4n) is 3.50. The number of hydrogen-bond acceptors (Lipinski definition) is 0. The Kier molecular flexibility index (Phi) is 8.07. The molecule has 24 heavy (non-hydrogen) atoms. The van der Waals surface area contributed by atoms with Gasteiger partial charge in [-0.15, -0.1) is 0 Å². The Hall–Kier alpha value is -1.57. The molecule has 2 nitrogen and oxygen atoms in total. The molecule has 0 bridgehead atoms. The van der Waals surface area contributed by atoms with Crippen LogP contribution in [0.2, 0.25) is 0 Å².